The molecule has 2 aromatic rings. The van der Waals surface area contributed by atoms with Crippen LogP contribution in [0.3, 0.4) is 0 Å². The van der Waals surface area contributed by atoms with Gasteiger partial charge in [0.25, 0.3) is 0 Å². The maximum atomic E-state index is 12.4. The molecular weight excluding hydrogens is 292 g/mol. The minimum absolute atomic E-state index is 0.353. The minimum atomic E-state index is -0.781. The highest BCUT2D eigenvalue weighted by Crippen LogP contribution is 2.41. The van der Waals surface area contributed by atoms with E-state index in [1.54, 1.807) is 4.52 Å². The van der Waals surface area contributed by atoms with E-state index in [1.165, 1.54) is 6.20 Å². The van der Waals surface area contributed by atoms with Crippen molar-refractivity contribution in [3.05, 3.63) is 29.2 Å². The molecule has 1 fully saturated rings. The lowest BCUT2D eigenvalue weighted by Gasteiger charge is -2.37. The molecule has 7 heteroatoms. The number of nitriles is 1. The molecule has 23 heavy (non-hydrogen) atoms. The largest absolute Gasteiger partial charge is 0.369 e. The Morgan fingerprint density at radius 3 is 2.78 bits per heavy atom. The van der Waals surface area contributed by atoms with E-state index in [0.717, 1.165) is 24.2 Å². The number of carbonyl (C=O) groups excluding carboxylic acids is 1. The van der Waals surface area contributed by atoms with Crippen LogP contribution in [0.5, 0.6) is 0 Å². The second-order valence-electron chi connectivity index (χ2n) is 6.31. The predicted octanol–water partition coefficient (Wildman–Crippen LogP) is 0.781. The highest BCUT2D eigenvalue weighted by atomic mass is 16.1. The lowest BCUT2D eigenvalue weighted by molar-refractivity contribution is -0.125. The van der Waals surface area contributed by atoms with Crippen LogP contribution < -0.4 is 11.5 Å². The number of hydrogen-bond acceptors (Lipinski definition) is 5. The van der Waals surface area contributed by atoms with Crippen molar-refractivity contribution in [2.45, 2.75) is 38.0 Å². The summed E-state index contributed by atoms with van der Waals surface area (Å²) in [5.74, 6) is 0.0714. The number of nitrogens with two attached hydrogens (primary N) is 2. The van der Waals surface area contributed by atoms with Gasteiger partial charge in [-0.1, -0.05) is 0 Å². The van der Waals surface area contributed by atoms with Crippen molar-refractivity contribution in [1.82, 2.24) is 14.6 Å². The van der Waals surface area contributed by atoms with Crippen LogP contribution in [0.2, 0.25) is 0 Å². The van der Waals surface area contributed by atoms with Gasteiger partial charge in [-0.25, -0.2) is 9.50 Å². The summed E-state index contributed by atoms with van der Waals surface area (Å²) in [5.41, 5.74) is 13.1. The van der Waals surface area contributed by atoms with Gasteiger partial charge in [-0.2, -0.15) is 10.4 Å². The van der Waals surface area contributed by atoms with E-state index in [-0.39, 0.29) is 5.91 Å². The van der Waals surface area contributed by atoms with Crippen molar-refractivity contribution in [1.29, 1.82) is 5.26 Å². The molecule has 1 saturated carbocycles. The Morgan fingerprint density at radius 2 is 2.22 bits per heavy atom. The number of aryl methyl sites for hydroxylation is 1. The van der Waals surface area contributed by atoms with Crippen molar-refractivity contribution in [3.8, 4) is 6.07 Å². The first-order valence-electron chi connectivity index (χ1n) is 7.78. The fourth-order valence-corrected chi connectivity index (χ4v) is 3.54. The van der Waals surface area contributed by atoms with Crippen LogP contribution in [0.4, 0.5) is 0 Å². The number of hydrogen-bond donors (Lipinski definition) is 2. The first kappa shape index (κ1) is 15.4. The number of primary amides is 1. The molecule has 2 heterocycles. The van der Waals surface area contributed by atoms with E-state index >= 15 is 0 Å². The molecule has 1 aliphatic rings. The Kier molecular flexibility index (Phi) is 3.78. The third kappa shape index (κ3) is 2.35. The molecule has 3 rings (SSSR count). The number of carbonyl (C=O) groups is 1. The van der Waals surface area contributed by atoms with Crippen molar-refractivity contribution in [2.75, 3.05) is 6.54 Å². The summed E-state index contributed by atoms with van der Waals surface area (Å²) < 4.78 is 1.60. The average molecular weight is 312 g/mol. The molecule has 0 aliphatic heterocycles. The van der Waals surface area contributed by atoms with Crippen LogP contribution in [-0.4, -0.2) is 27.0 Å². The smallest absolute Gasteiger partial charge is 0.229 e. The number of aromatic nitrogens is 3. The number of rotatable bonds is 3. The molecule has 7 nitrogen and oxygen atoms in total. The zero-order valence-electron chi connectivity index (χ0n) is 13.1. The summed E-state index contributed by atoms with van der Waals surface area (Å²) in [7, 11) is 0. The first-order chi connectivity index (χ1) is 11.0. The molecule has 0 saturated heterocycles. The van der Waals surface area contributed by atoms with Crippen molar-refractivity contribution < 1.29 is 4.79 Å². The summed E-state index contributed by atoms with van der Waals surface area (Å²) in [5, 5.41) is 13.5. The van der Waals surface area contributed by atoms with Crippen LogP contribution >= 0.6 is 0 Å². The van der Waals surface area contributed by atoms with Crippen LogP contribution in [0, 0.1) is 24.2 Å². The molecule has 0 atom stereocenters. The lowest BCUT2D eigenvalue weighted by atomic mass is 9.67. The summed E-state index contributed by atoms with van der Waals surface area (Å²) in [6.07, 6.45) is 4.48. The Bertz CT molecular complexity index is 795. The number of nitrogens with zero attached hydrogens (tertiary/aromatic N) is 4. The molecule has 1 amide bonds. The van der Waals surface area contributed by atoms with Gasteiger partial charge in [0.2, 0.25) is 5.91 Å². The monoisotopic (exact) mass is 312 g/mol. The second-order valence-corrected chi connectivity index (χ2v) is 6.31. The lowest BCUT2D eigenvalue weighted by Crippen LogP contribution is -2.46. The molecule has 0 aromatic carbocycles. The van der Waals surface area contributed by atoms with Gasteiger partial charge < -0.3 is 11.5 Å². The third-order valence-electron chi connectivity index (χ3n) is 4.97. The zero-order valence-corrected chi connectivity index (χ0v) is 13.1. The third-order valence-corrected chi connectivity index (χ3v) is 4.97. The predicted molar refractivity (Wildman–Crippen MR) is 84.3 cm³/mol. The van der Waals surface area contributed by atoms with E-state index in [1.807, 2.05) is 13.0 Å². The van der Waals surface area contributed by atoms with Crippen LogP contribution in [-0.2, 0) is 10.2 Å². The van der Waals surface area contributed by atoms with Crippen LogP contribution in [0.1, 0.15) is 42.6 Å². The first-order valence-corrected chi connectivity index (χ1v) is 7.78. The number of fused-ring (bicyclic) bond motifs is 1. The van der Waals surface area contributed by atoms with Crippen molar-refractivity contribution in [2.24, 2.45) is 17.4 Å². The summed E-state index contributed by atoms with van der Waals surface area (Å²) in [4.78, 5) is 16.8. The van der Waals surface area contributed by atoms with Gasteiger partial charge in [0, 0.05) is 5.69 Å². The molecule has 2 aromatic heterocycles. The summed E-state index contributed by atoms with van der Waals surface area (Å²) in [6.45, 7) is 2.47. The maximum Gasteiger partial charge on any atom is 0.229 e. The maximum absolute atomic E-state index is 12.4. The van der Waals surface area contributed by atoms with Crippen LogP contribution in [0.15, 0.2) is 12.3 Å². The molecule has 4 N–H and O–H groups in total. The van der Waals surface area contributed by atoms with Gasteiger partial charge in [0.1, 0.15) is 11.6 Å². The van der Waals surface area contributed by atoms with E-state index in [4.69, 9.17) is 11.5 Å². The van der Waals surface area contributed by atoms with E-state index in [9.17, 15) is 10.1 Å². The minimum Gasteiger partial charge on any atom is -0.369 e. The zero-order chi connectivity index (χ0) is 16.6. The Hall–Kier alpha value is -2.46. The SMILES string of the molecule is Cc1cc(C2(C(N)=O)CCC(CN)CC2)n2ncc(C#N)c2n1. The van der Waals surface area contributed by atoms with Crippen molar-refractivity contribution in [3.63, 3.8) is 0 Å². The molecule has 1 aliphatic carbocycles. The highest BCUT2D eigenvalue weighted by Gasteiger charge is 2.44. The normalized spacial score (nSPS) is 24.5. The quantitative estimate of drug-likeness (QED) is 0.867. The standard InChI is InChI=1S/C16H20N6O/c1-10-6-13(22-14(21-10)12(8-18)9-20-22)16(15(19)23)4-2-11(7-17)3-5-16/h6,9,11H,2-5,7,17H2,1H3,(H2,19,23). The molecule has 0 bridgehead atoms. The Morgan fingerprint density at radius 1 is 1.52 bits per heavy atom. The summed E-state index contributed by atoms with van der Waals surface area (Å²) in [6, 6.07) is 3.94. The van der Waals surface area contributed by atoms with E-state index in [0.29, 0.717) is 36.5 Å². The van der Waals surface area contributed by atoms with Crippen LogP contribution in [0.25, 0.3) is 5.65 Å². The Labute approximate surface area is 134 Å². The van der Waals surface area contributed by atoms with E-state index in [2.05, 4.69) is 16.2 Å². The van der Waals surface area contributed by atoms with Gasteiger partial charge >= 0.3 is 0 Å². The van der Waals surface area contributed by atoms with Gasteiger partial charge in [-0.3, -0.25) is 4.79 Å². The second kappa shape index (κ2) is 5.63. The van der Waals surface area contributed by atoms with Gasteiger partial charge in [-0.15, -0.1) is 0 Å². The van der Waals surface area contributed by atoms with Crippen molar-refractivity contribution >= 4 is 11.6 Å². The van der Waals surface area contributed by atoms with Gasteiger partial charge in [-0.05, 0) is 51.1 Å². The van der Waals surface area contributed by atoms with Gasteiger partial charge in [0.15, 0.2) is 5.65 Å². The molecular formula is C16H20N6O. The topological polar surface area (TPSA) is 123 Å². The average Bonchev–Trinajstić information content (AvgIpc) is 2.96. The fraction of sp³-hybridized carbons (Fsp3) is 0.500. The fourth-order valence-electron chi connectivity index (χ4n) is 3.54. The summed E-state index contributed by atoms with van der Waals surface area (Å²) >= 11 is 0. The molecule has 0 unspecified atom stereocenters. The number of amides is 1. The van der Waals surface area contributed by atoms with Gasteiger partial charge in [0.05, 0.1) is 17.3 Å². The molecule has 0 spiro atoms. The Balaban J connectivity index is 2.18. The highest BCUT2D eigenvalue weighted by molar-refractivity contribution is 5.86. The molecule has 120 valence electrons. The molecule has 0 radical (unpaired) electrons. The van der Waals surface area contributed by atoms with E-state index < -0.39 is 5.41 Å².